The Kier molecular flexibility index (Phi) is 8.98. The van der Waals surface area contributed by atoms with Crippen LogP contribution in [0.1, 0.15) is 30.5 Å². The lowest BCUT2D eigenvalue weighted by molar-refractivity contribution is -0.192. The molecule has 1 spiro atoms. The number of carbonyl (C=O) groups is 2. The van der Waals surface area contributed by atoms with Gasteiger partial charge in [-0.2, -0.15) is 13.2 Å². The van der Waals surface area contributed by atoms with Crippen molar-refractivity contribution in [2.75, 3.05) is 32.8 Å². The standard InChI is InChI=1S/C25H28N4O2S.C2HF3O2/c1-19(21-5-3-2-4-6-21)29-17-25(13-24(29)30)16-28(11-12-31-18-25)14-20-7-9-22(10-8-20)23-15-32-27-26-23;3-2(4,5)1(6)7/h2-10,15,19H,11-14,16-18H2,1H3;(H,6,7). The molecule has 3 aromatic rings. The Hall–Kier alpha value is -3.35. The van der Waals surface area contributed by atoms with E-state index in [4.69, 9.17) is 14.6 Å². The fourth-order valence-electron chi connectivity index (χ4n) is 4.94. The summed E-state index contributed by atoms with van der Waals surface area (Å²) in [5.74, 6) is -2.53. The first-order valence-electron chi connectivity index (χ1n) is 12.4. The van der Waals surface area contributed by atoms with Gasteiger partial charge in [0, 0.05) is 49.0 Å². The number of hydrogen-bond acceptors (Lipinski definition) is 7. The van der Waals surface area contributed by atoms with E-state index in [1.54, 1.807) is 0 Å². The normalized spacial score (nSPS) is 20.8. The summed E-state index contributed by atoms with van der Waals surface area (Å²) < 4.78 is 41.7. The fraction of sp³-hybridized carbons (Fsp3) is 0.407. The van der Waals surface area contributed by atoms with Gasteiger partial charge >= 0.3 is 12.1 Å². The molecule has 2 aliphatic heterocycles. The second-order valence-electron chi connectivity index (χ2n) is 9.84. The molecule has 8 nitrogen and oxygen atoms in total. The molecule has 5 rings (SSSR count). The van der Waals surface area contributed by atoms with Crippen LogP contribution in [-0.4, -0.2) is 75.4 Å². The molecule has 0 aliphatic carbocycles. The van der Waals surface area contributed by atoms with Gasteiger partial charge in [0.15, 0.2) is 0 Å². The number of nitrogens with zero attached hydrogens (tertiary/aromatic N) is 4. The minimum atomic E-state index is -5.08. The SMILES string of the molecule is CC(c1ccccc1)N1CC2(COCCN(Cc3ccc(-c4csnn4)cc3)C2)CC1=O.O=C(O)C(F)(F)F. The fourth-order valence-corrected chi connectivity index (χ4v) is 5.41. The molecule has 2 unspecified atom stereocenters. The monoisotopic (exact) mass is 562 g/mol. The lowest BCUT2D eigenvalue weighted by Crippen LogP contribution is -2.40. The molecule has 208 valence electrons. The van der Waals surface area contributed by atoms with Crippen LogP contribution in [0.5, 0.6) is 0 Å². The van der Waals surface area contributed by atoms with Gasteiger partial charge in [-0.05, 0) is 29.6 Å². The molecule has 2 saturated heterocycles. The number of aliphatic carboxylic acids is 1. The van der Waals surface area contributed by atoms with Gasteiger partial charge < -0.3 is 14.7 Å². The largest absolute Gasteiger partial charge is 0.490 e. The number of likely N-dealkylation sites (tertiary alicyclic amines) is 1. The second-order valence-corrected chi connectivity index (χ2v) is 10.4. The predicted octanol–water partition coefficient (Wildman–Crippen LogP) is 4.65. The number of carboxylic acid groups (broad SMARTS) is 1. The third kappa shape index (κ3) is 7.40. The summed E-state index contributed by atoms with van der Waals surface area (Å²) in [7, 11) is 0. The van der Waals surface area contributed by atoms with Crippen molar-refractivity contribution in [2.45, 2.75) is 32.1 Å². The van der Waals surface area contributed by atoms with Gasteiger partial charge in [0.2, 0.25) is 5.91 Å². The van der Waals surface area contributed by atoms with Crippen LogP contribution < -0.4 is 0 Å². The summed E-state index contributed by atoms with van der Waals surface area (Å²) in [6.45, 7) is 6.81. The molecule has 0 bridgehead atoms. The highest BCUT2D eigenvalue weighted by Gasteiger charge is 2.46. The molecule has 3 heterocycles. The zero-order valence-electron chi connectivity index (χ0n) is 21.3. The summed E-state index contributed by atoms with van der Waals surface area (Å²) in [6.07, 6.45) is -4.53. The van der Waals surface area contributed by atoms with E-state index < -0.39 is 12.1 Å². The minimum Gasteiger partial charge on any atom is -0.475 e. The molecule has 2 aromatic carbocycles. The van der Waals surface area contributed by atoms with Gasteiger partial charge in [-0.1, -0.05) is 59.1 Å². The van der Waals surface area contributed by atoms with E-state index in [0.29, 0.717) is 19.6 Å². The van der Waals surface area contributed by atoms with Crippen LogP contribution in [-0.2, 0) is 20.9 Å². The molecule has 0 radical (unpaired) electrons. The van der Waals surface area contributed by atoms with E-state index >= 15 is 0 Å². The number of halogens is 3. The zero-order chi connectivity index (χ0) is 28.0. The molecule has 1 N–H and O–H groups in total. The van der Waals surface area contributed by atoms with E-state index in [9.17, 15) is 18.0 Å². The van der Waals surface area contributed by atoms with Crippen LogP contribution in [0.2, 0.25) is 0 Å². The third-order valence-corrected chi connectivity index (χ3v) is 7.38. The maximum atomic E-state index is 13.0. The van der Waals surface area contributed by atoms with Gasteiger partial charge in [-0.15, -0.1) is 5.10 Å². The van der Waals surface area contributed by atoms with Crippen LogP contribution in [0, 0.1) is 5.41 Å². The Morgan fingerprint density at radius 3 is 2.46 bits per heavy atom. The maximum Gasteiger partial charge on any atom is 0.490 e. The van der Waals surface area contributed by atoms with Crippen LogP contribution >= 0.6 is 11.5 Å². The lowest BCUT2D eigenvalue weighted by Gasteiger charge is -2.33. The summed E-state index contributed by atoms with van der Waals surface area (Å²) in [6, 6.07) is 18.9. The summed E-state index contributed by atoms with van der Waals surface area (Å²) >= 11 is 1.37. The van der Waals surface area contributed by atoms with Crippen LogP contribution in [0.25, 0.3) is 11.3 Å². The number of hydrogen-bond donors (Lipinski definition) is 1. The molecule has 2 fully saturated rings. The molecule has 2 aliphatic rings. The number of rotatable bonds is 5. The van der Waals surface area contributed by atoms with E-state index in [-0.39, 0.29) is 17.4 Å². The zero-order valence-corrected chi connectivity index (χ0v) is 22.1. The van der Waals surface area contributed by atoms with Crippen molar-refractivity contribution in [3.05, 3.63) is 71.1 Å². The highest BCUT2D eigenvalue weighted by molar-refractivity contribution is 7.03. The number of amides is 1. The molecule has 1 aromatic heterocycles. The van der Waals surface area contributed by atoms with Crippen LogP contribution in [0.3, 0.4) is 0 Å². The maximum absolute atomic E-state index is 13.0. The van der Waals surface area contributed by atoms with Gasteiger partial charge in [-0.25, -0.2) is 4.79 Å². The molecular formula is C27H29F3N4O4S. The molecular weight excluding hydrogens is 533 g/mol. The smallest absolute Gasteiger partial charge is 0.475 e. The number of carbonyl (C=O) groups excluding carboxylic acids is 1. The average molecular weight is 563 g/mol. The Bertz CT molecular complexity index is 1240. The Morgan fingerprint density at radius 2 is 1.85 bits per heavy atom. The summed E-state index contributed by atoms with van der Waals surface area (Å²) in [5, 5.41) is 13.2. The highest BCUT2D eigenvalue weighted by atomic mass is 32.1. The predicted molar refractivity (Wildman–Crippen MR) is 139 cm³/mol. The Morgan fingerprint density at radius 1 is 1.15 bits per heavy atom. The Labute approximate surface area is 228 Å². The van der Waals surface area contributed by atoms with Gasteiger partial charge in [0.1, 0.15) is 5.69 Å². The first-order chi connectivity index (χ1) is 18.6. The molecule has 12 heteroatoms. The second kappa shape index (κ2) is 12.2. The first-order valence-corrected chi connectivity index (χ1v) is 13.2. The first kappa shape index (κ1) is 28.7. The number of ether oxygens (including phenoxy) is 1. The highest BCUT2D eigenvalue weighted by Crippen LogP contribution is 2.38. The molecule has 1 amide bonds. The number of carboxylic acids is 1. The summed E-state index contributed by atoms with van der Waals surface area (Å²) in [5.41, 5.74) is 4.29. The number of benzene rings is 2. The lowest BCUT2D eigenvalue weighted by atomic mass is 9.87. The third-order valence-electron chi connectivity index (χ3n) is 6.88. The van der Waals surface area contributed by atoms with E-state index in [2.05, 4.69) is 57.8 Å². The topological polar surface area (TPSA) is 95.9 Å². The van der Waals surface area contributed by atoms with E-state index in [1.165, 1.54) is 22.7 Å². The number of aromatic nitrogens is 2. The van der Waals surface area contributed by atoms with Crippen LogP contribution in [0.15, 0.2) is 60.0 Å². The van der Waals surface area contributed by atoms with E-state index in [1.807, 2.05) is 28.5 Å². The van der Waals surface area contributed by atoms with Crippen molar-refractivity contribution >= 4 is 23.4 Å². The van der Waals surface area contributed by atoms with Crippen molar-refractivity contribution < 1.29 is 32.6 Å². The van der Waals surface area contributed by atoms with E-state index in [0.717, 1.165) is 37.4 Å². The van der Waals surface area contributed by atoms with Gasteiger partial charge in [-0.3, -0.25) is 9.69 Å². The van der Waals surface area contributed by atoms with Gasteiger partial charge in [0.05, 0.1) is 19.3 Å². The molecule has 2 atom stereocenters. The van der Waals surface area contributed by atoms with Crippen molar-refractivity contribution in [3.63, 3.8) is 0 Å². The molecule has 0 saturated carbocycles. The Balaban J connectivity index is 0.000000448. The average Bonchev–Trinajstić information content (AvgIpc) is 3.50. The van der Waals surface area contributed by atoms with Crippen molar-refractivity contribution in [1.29, 1.82) is 0 Å². The van der Waals surface area contributed by atoms with Crippen molar-refractivity contribution in [1.82, 2.24) is 19.4 Å². The van der Waals surface area contributed by atoms with Crippen LogP contribution in [0.4, 0.5) is 13.2 Å². The van der Waals surface area contributed by atoms with Gasteiger partial charge in [0.25, 0.3) is 0 Å². The van der Waals surface area contributed by atoms with Crippen molar-refractivity contribution in [3.8, 4) is 11.3 Å². The minimum absolute atomic E-state index is 0.0764. The quantitative estimate of drug-likeness (QED) is 0.484. The molecule has 39 heavy (non-hydrogen) atoms. The summed E-state index contributed by atoms with van der Waals surface area (Å²) in [4.78, 5) is 26.4. The number of alkyl halides is 3. The van der Waals surface area contributed by atoms with Crippen molar-refractivity contribution in [2.24, 2.45) is 5.41 Å².